The highest BCUT2D eigenvalue weighted by molar-refractivity contribution is 5.84. The number of fused-ring (bicyclic) bond motifs is 1. The Balaban J connectivity index is 2.43. The molecule has 20 heavy (non-hydrogen) atoms. The van der Waals surface area contributed by atoms with Crippen molar-refractivity contribution >= 4 is 16.6 Å². The van der Waals surface area contributed by atoms with Gasteiger partial charge in [0.05, 0.1) is 11.1 Å². The number of halogens is 2. The van der Waals surface area contributed by atoms with Gasteiger partial charge in [-0.25, -0.2) is 8.78 Å². The molecule has 1 heterocycles. The molecule has 100 valence electrons. The second kappa shape index (κ2) is 4.45. The van der Waals surface area contributed by atoms with Crippen LogP contribution in [-0.2, 0) is 0 Å². The summed E-state index contributed by atoms with van der Waals surface area (Å²) in [5, 5.41) is 0.353. The van der Waals surface area contributed by atoms with Crippen LogP contribution in [0.25, 0.3) is 16.5 Å². The van der Waals surface area contributed by atoms with Gasteiger partial charge in [-0.3, -0.25) is 9.36 Å². The summed E-state index contributed by atoms with van der Waals surface area (Å²) in [5.41, 5.74) is 5.49. The molecular formula is C15H10F2N2O. The number of nitrogen functional groups attached to an aromatic ring is 1. The van der Waals surface area contributed by atoms with E-state index in [1.54, 1.807) is 6.07 Å². The van der Waals surface area contributed by atoms with E-state index in [1.807, 2.05) is 0 Å². The highest BCUT2D eigenvalue weighted by Gasteiger charge is 2.12. The van der Waals surface area contributed by atoms with Gasteiger partial charge >= 0.3 is 0 Å². The van der Waals surface area contributed by atoms with Crippen molar-refractivity contribution in [3.63, 3.8) is 0 Å². The van der Waals surface area contributed by atoms with E-state index in [4.69, 9.17) is 5.73 Å². The van der Waals surface area contributed by atoms with Crippen LogP contribution in [0.15, 0.2) is 53.3 Å². The summed E-state index contributed by atoms with van der Waals surface area (Å²) in [7, 11) is 0. The van der Waals surface area contributed by atoms with Crippen molar-refractivity contribution in [2.45, 2.75) is 0 Å². The molecule has 0 radical (unpaired) electrons. The maximum Gasteiger partial charge on any atom is 0.267 e. The second-order valence-corrected chi connectivity index (χ2v) is 4.39. The summed E-state index contributed by atoms with van der Waals surface area (Å²) in [5.74, 6) is -1.00. The number of benzene rings is 2. The Kier molecular flexibility index (Phi) is 2.75. The minimum absolute atomic E-state index is 0.0639. The predicted molar refractivity (Wildman–Crippen MR) is 73.9 cm³/mol. The van der Waals surface area contributed by atoms with Crippen LogP contribution in [0.5, 0.6) is 0 Å². The van der Waals surface area contributed by atoms with Gasteiger partial charge in [-0.2, -0.15) is 0 Å². The largest absolute Gasteiger partial charge is 0.385 e. The van der Waals surface area contributed by atoms with Crippen LogP contribution >= 0.6 is 0 Å². The Morgan fingerprint density at radius 1 is 1.00 bits per heavy atom. The van der Waals surface area contributed by atoms with E-state index >= 15 is 0 Å². The Labute approximate surface area is 112 Å². The average molecular weight is 272 g/mol. The first-order valence-corrected chi connectivity index (χ1v) is 5.93. The van der Waals surface area contributed by atoms with Gasteiger partial charge in [-0.1, -0.05) is 18.2 Å². The summed E-state index contributed by atoms with van der Waals surface area (Å²) < 4.78 is 28.2. The minimum Gasteiger partial charge on any atom is -0.385 e. The first-order chi connectivity index (χ1) is 9.58. The van der Waals surface area contributed by atoms with E-state index in [9.17, 15) is 13.6 Å². The molecule has 0 bridgehead atoms. The monoisotopic (exact) mass is 272 g/mol. The lowest BCUT2D eigenvalue weighted by atomic mass is 10.1. The summed E-state index contributed by atoms with van der Waals surface area (Å²) in [6.07, 6.45) is 0. The quantitative estimate of drug-likeness (QED) is 0.740. The van der Waals surface area contributed by atoms with Gasteiger partial charge in [0.15, 0.2) is 0 Å². The highest BCUT2D eigenvalue weighted by Crippen LogP contribution is 2.19. The van der Waals surface area contributed by atoms with Crippen LogP contribution in [-0.4, -0.2) is 4.57 Å². The summed E-state index contributed by atoms with van der Waals surface area (Å²) in [4.78, 5) is 12.4. The lowest BCUT2D eigenvalue weighted by Crippen LogP contribution is -2.22. The summed E-state index contributed by atoms with van der Waals surface area (Å²) in [6, 6.07) is 11.2. The molecule has 0 unspecified atom stereocenters. The van der Waals surface area contributed by atoms with E-state index < -0.39 is 17.2 Å². The molecule has 0 saturated heterocycles. The average Bonchev–Trinajstić information content (AvgIpc) is 2.38. The van der Waals surface area contributed by atoms with Crippen LogP contribution in [0.4, 0.5) is 14.6 Å². The number of aromatic nitrogens is 1. The molecule has 0 fully saturated rings. The van der Waals surface area contributed by atoms with E-state index in [1.165, 1.54) is 42.5 Å². The SMILES string of the molecule is Nc1cc2cccc(F)c2c(=O)n1-c1cccc(F)c1. The van der Waals surface area contributed by atoms with Crippen molar-refractivity contribution in [2.75, 3.05) is 5.73 Å². The van der Waals surface area contributed by atoms with Crippen molar-refractivity contribution in [2.24, 2.45) is 0 Å². The van der Waals surface area contributed by atoms with E-state index in [0.29, 0.717) is 5.39 Å². The van der Waals surface area contributed by atoms with E-state index in [2.05, 4.69) is 0 Å². The summed E-state index contributed by atoms with van der Waals surface area (Å²) in [6.45, 7) is 0. The van der Waals surface area contributed by atoms with Crippen molar-refractivity contribution in [1.82, 2.24) is 4.57 Å². The Hall–Kier alpha value is -2.69. The molecule has 0 amide bonds. The number of rotatable bonds is 1. The Bertz CT molecular complexity index is 871. The second-order valence-electron chi connectivity index (χ2n) is 4.39. The first-order valence-electron chi connectivity index (χ1n) is 5.93. The van der Waals surface area contributed by atoms with Crippen LogP contribution in [0.2, 0.25) is 0 Å². The molecule has 2 N–H and O–H groups in total. The molecule has 1 aromatic heterocycles. The van der Waals surface area contributed by atoms with Gasteiger partial charge in [0.1, 0.15) is 17.5 Å². The Morgan fingerprint density at radius 3 is 2.50 bits per heavy atom. The normalized spacial score (nSPS) is 10.9. The number of nitrogens with zero attached hydrogens (tertiary/aromatic N) is 1. The zero-order chi connectivity index (χ0) is 14.3. The van der Waals surface area contributed by atoms with Crippen molar-refractivity contribution in [1.29, 1.82) is 0 Å². The molecular weight excluding hydrogens is 262 g/mol. The third kappa shape index (κ3) is 1.84. The predicted octanol–water partition coefficient (Wildman–Crippen LogP) is 2.85. The maximum absolute atomic E-state index is 13.8. The van der Waals surface area contributed by atoms with E-state index in [0.717, 1.165) is 4.57 Å². The van der Waals surface area contributed by atoms with Gasteiger partial charge in [0.25, 0.3) is 5.56 Å². The Morgan fingerprint density at radius 2 is 1.75 bits per heavy atom. The number of nitrogens with two attached hydrogens (primary N) is 1. The molecule has 0 aliphatic heterocycles. The van der Waals surface area contributed by atoms with E-state index in [-0.39, 0.29) is 16.9 Å². The molecule has 0 aliphatic carbocycles. The molecule has 0 spiro atoms. The van der Waals surface area contributed by atoms with Gasteiger partial charge in [-0.05, 0) is 35.7 Å². The highest BCUT2D eigenvalue weighted by atomic mass is 19.1. The molecule has 0 atom stereocenters. The molecule has 0 saturated carbocycles. The van der Waals surface area contributed by atoms with Gasteiger partial charge < -0.3 is 5.73 Å². The number of hydrogen-bond donors (Lipinski definition) is 1. The van der Waals surface area contributed by atoms with Crippen molar-refractivity contribution < 1.29 is 8.78 Å². The van der Waals surface area contributed by atoms with Gasteiger partial charge in [0.2, 0.25) is 0 Å². The third-order valence-electron chi connectivity index (χ3n) is 3.09. The number of anilines is 1. The lowest BCUT2D eigenvalue weighted by molar-refractivity contribution is 0.626. The number of pyridine rings is 1. The molecule has 3 rings (SSSR count). The van der Waals surface area contributed by atoms with Crippen LogP contribution in [0.3, 0.4) is 0 Å². The van der Waals surface area contributed by atoms with Crippen LogP contribution in [0, 0.1) is 11.6 Å². The molecule has 0 aliphatic rings. The first kappa shape index (κ1) is 12.3. The zero-order valence-corrected chi connectivity index (χ0v) is 10.3. The van der Waals surface area contributed by atoms with Crippen molar-refractivity contribution in [3.05, 3.63) is 70.5 Å². The van der Waals surface area contributed by atoms with Gasteiger partial charge in [0, 0.05) is 0 Å². The smallest absolute Gasteiger partial charge is 0.267 e. The topological polar surface area (TPSA) is 48.0 Å². The fourth-order valence-corrected chi connectivity index (χ4v) is 2.22. The summed E-state index contributed by atoms with van der Waals surface area (Å²) >= 11 is 0. The zero-order valence-electron chi connectivity index (χ0n) is 10.3. The molecule has 5 heteroatoms. The van der Waals surface area contributed by atoms with Crippen LogP contribution in [0.1, 0.15) is 0 Å². The fraction of sp³-hybridized carbons (Fsp3) is 0. The maximum atomic E-state index is 13.8. The van der Waals surface area contributed by atoms with Gasteiger partial charge in [-0.15, -0.1) is 0 Å². The standard InChI is InChI=1S/C15H10F2N2O/c16-10-4-2-5-11(8-10)19-13(18)7-9-3-1-6-12(17)14(9)15(19)20/h1-8H,18H2. The minimum atomic E-state index is -0.627. The van der Waals surface area contributed by atoms with Crippen molar-refractivity contribution in [3.8, 4) is 5.69 Å². The molecule has 3 aromatic rings. The number of hydrogen-bond acceptors (Lipinski definition) is 2. The molecule has 2 aromatic carbocycles. The fourth-order valence-electron chi connectivity index (χ4n) is 2.22. The molecule has 3 nitrogen and oxygen atoms in total. The van der Waals surface area contributed by atoms with Crippen LogP contribution < -0.4 is 11.3 Å². The lowest BCUT2D eigenvalue weighted by Gasteiger charge is -2.11. The third-order valence-corrected chi connectivity index (χ3v) is 3.09.